The van der Waals surface area contributed by atoms with E-state index >= 15 is 0 Å². The minimum Gasteiger partial charge on any atom is -0.399 e. The molecule has 26 heavy (non-hydrogen) atoms. The first-order valence-corrected chi connectivity index (χ1v) is 8.57. The molecule has 132 valence electrons. The molecule has 0 saturated heterocycles. The summed E-state index contributed by atoms with van der Waals surface area (Å²) in [5, 5.41) is 2.71. The maximum Gasteiger partial charge on any atom is 0.251 e. The molecule has 0 atom stereocenters. The van der Waals surface area contributed by atoms with E-state index in [1.807, 2.05) is 60.7 Å². The molecule has 0 aliphatic rings. The summed E-state index contributed by atoms with van der Waals surface area (Å²) in [4.78, 5) is 12.2. The van der Waals surface area contributed by atoms with Crippen LogP contribution in [0, 0.1) is 0 Å². The van der Waals surface area contributed by atoms with Gasteiger partial charge in [-0.3, -0.25) is 4.79 Å². The van der Waals surface area contributed by atoms with Crippen LogP contribution in [0.2, 0.25) is 0 Å². The number of carbonyl (C=O) groups is 1. The number of benzene rings is 3. The second-order valence-corrected chi connectivity index (χ2v) is 6.45. The average molecular weight is 345 g/mol. The summed E-state index contributed by atoms with van der Waals surface area (Å²) < 4.78 is 0. The molecule has 0 bridgehead atoms. The molecule has 3 aromatic rings. The first-order chi connectivity index (χ1) is 12.5. The third-order valence-corrected chi connectivity index (χ3v) is 4.32. The predicted octanol–water partition coefficient (Wildman–Crippen LogP) is 3.39. The number of nitrogens with one attached hydrogen (secondary N) is 1. The van der Waals surface area contributed by atoms with Crippen LogP contribution in [-0.2, 0) is 12.8 Å². The molecular weight excluding hydrogens is 322 g/mol. The molecule has 0 aliphatic carbocycles. The Kier molecular flexibility index (Phi) is 5.23. The molecule has 5 N–H and O–H groups in total. The maximum absolute atomic E-state index is 12.2. The molecule has 0 aliphatic heterocycles. The van der Waals surface area contributed by atoms with Gasteiger partial charge in [0.1, 0.15) is 0 Å². The van der Waals surface area contributed by atoms with Crippen LogP contribution < -0.4 is 16.8 Å². The highest BCUT2D eigenvalue weighted by molar-refractivity contribution is 5.94. The van der Waals surface area contributed by atoms with Crippen LogP contribution in [0.3, 0.4) is 0 Å². The second-order valence-electron chi connectivity index (χ2n) is 6.45. The maximum atomic E-state index is 12.2. The molecule has 4 nitrogen and oxygen atoms in total. The minimum absolute atomic E-state index is 0.0808. The zero-order chi connectivity index (χ0) is 18.5. The number of nitrogens with two attached hydrogens (primary N) is 2. The van der Waals surface area contributed by atoms with Gasteiger partial charge < -0.3 is 16.8 Å². The fourth-order valence-corrected chi connectivity index (χ4v) is 2.98. The number of anilines is 2. The number of nitrogen functional groups attached to an aromatic ring is 2. The summed E-state index contributed by atoms with van der Waals surface area (Å²) in [5.41, 5.74) is 18.2. The lowest BCUT2D eigenvalue weighted by atomic mass is 9.96. The monoisotopic (exact) mass is 345 g/mol. The third kappa shape index (κ3) is 4.42. The van der Waals surface area contributed by atoms with Gasteiger partial charge in [0.15, 0.2) is 0 Å². The first kappa shape index (κ1) is 17.5. The van der Waals surface area contributed by atoms with Crippen molar-refractivity contribution in [1.29, 1.82) is 0 Å². The van der Waals surface area contributed by atoms with Crippen molar-refractivity contribution < 1.29 is 4.79 Å². The lowest BCUT2D eigenvalue weighted by molar-refractivity contribution is 0.0963. The Bertz CT molecular complexity index is 834. The lowest BCUT2D eigenvalue weighted by Gasteiger charge is -2.10. The summed E-state index contributed by atoms with van der Waals surface area (Å²) in [6, 6.07) is 21.7. The molecule has 0 unspecified atom stereocenters. The number of hydrogen-bond donors (Lipinski definition) is 3. The highest BCUT2D eigenvalue weighted by Gasteiger charge is 2.09. The summed E-state index contributed by atoms with van der Waals surface area (Å²) in [5.74, 6) is -0.0808. The van der Waals surface area contributed by atoms with Crippen LogP contribution in [0.5, 0.6) is 0 Å². The van der Waals surface area contributed by atoms with E-state index in [9.17, 15) is 4.79 Å². The van der Waals surface area contributed by atoms with Crippen LogP contribution in [0.25, 0.3) is 0 Å². The van der Waals surface area contributed by atoms with E-state index in [2.05, 4.69) is 11.4 Å². The summed E-state index contributed by atoms with van der Waals surface area (Å²) in [7, 11) is 1.65. The van der Waals surface area contributed by atoms with E-state index in [0.717, 1.165) is 46.5 Å². The molecule has 0 radical (unpaired) electrons. The molecule has 0 fully saturated rings. The molecule has 1 amide bonds. The molecule has 3 aromatic carbocycles. The van der Waals surface area contributed by atoms with Gasteiger partial charge in [0.05, 0.1) is 0 Å². The van der Waals surface area contributed by atoms with Gasteiger partial charge in [-0.1, -0.05) is 30.3 Å². The first-order valence-electron chi connectivity index (χ1n) is 8.57. The Morgan fingerprint density at radius 1 is 0.731 bits per heavy atom. The molecular formula is C22H23N3O. The van der Waals surface area contributed by atoms with E-state index in [-0.39, 0.29) is 5.91 Å². The van der Waals surface area contributed by atoms with Gasteiger partial charge >= 0.3 is 0 Å². The Hall–Kier alpha value is -3.27. The Morgan fingerprint density at radius 2 is 1.15 bits per heavy atom. The van der Waals surface area contributed by atoms with Crippen molar-refractivity contribution in [3.05, 3.63) is 94.5 Å². The SMILES string of the molecule is CNC(=O)c1cc(Cc2ccc(N)cc2)cc(Cc2ccc(N)cc2)c1. The van der Waals surface area contributed by atoms with Gasteiger partial charge in [-0.05, 0) is 71.5 Å². The van der Waals surface area contributed by atoms with Crippen molar-refractivity contribution in [3.8, 4) is 0 Å². The molecule has 4 heteroatoms. The van der Waals surface area contributed by atoms with Crippen LogP contribution in [0.15, 0.2) is 66.7 Å². The van der Waals surface area contributed by atoms with Gasteiger partial charge in [0, 0.05) is 24.0 Å². The molecule has 0 spiro atoms. The van der Waals surface area contributed by atoms with E-state index in [1.54, 1.807) is 7.05 Å². The highest BCUT2D eigenvalue weighted by Crippen LogP contribution is 2.19. The van der Waals surface area contributed by atoms with Crippen molar-refractivity contribution in [1.82, 2.24) is 5.32 Å². The van der Waals surface area contributed by atoms with Crippen LogP contribution >= 0.6 is 0 Å². The van der Waals surface area contributed by atoms with Gasteiger partial charge in [0.25, 0.3) is 5.91 Å². The number of carbonyl (C=O) groups excluding carboxylic acids is 1. The average Bonchev–Trinajstić information content (AvgIpc) is 2.64. The zero-order valence-electron chi connectivity index (χ0n) is 14.8. The molecule has 0 aromatic heterocycles. The molecule has 0 saturated carbocycles. The van der Waals surface area contributed by atoms with Crippen molar-refractivity contribution in [2.45, 2.75) is 12.8 Å². The highest BCUT2D eigenvalue weighted by atomic mass is 16.1. The van der Waals surface area contributed by atoms with Crippen LogP contribution in [0.4, 0.5) is 11.4 Å². The zero-order valence-corrected chi connectivity index (χ0v) is 14.8. The van der Waals surface area contributed by atoms with Crippen LogP contribution in [0.1, 0.15) is 32.6 Å². The largest absolute Gasteiger partial charge is 0.399 e. The quantitative estimate of drug-likeness (QED) is 0.620. The molecule has 0 heterocycles. The van der Waals surface area contributed by atoms with E-state index in [1.165, 1.54) is 0 Å². The van der Waals surface area contributed by atoms with E-state index in [4.69, 9.17) is 11.5 Å². The van der Waals surface area contributed by atoms with E-state index in [0.29, 0.717) is 5.56 Å². The molecule has 3 rings (SSSR count). The number of rotatable bonds is 5. The van der Waals surface area contributed by atoms with Crippen molar-refractivity contribution in [2.24, 2.45) is 0 Å². The predicted molar refractivity (Wildman–Crippen MR) is 107 cm³/mol. The summed E-state index contributed by atoms with van der Waals surface area (Å²) in [6.07, 6.45) is 1.50. The number of amides is 1. The second kappa shape index (κ2) is 7.74. The van der Waals surface area contributed by atoms with Gasteiger partial charge in [-0.15, -0.1) is 0 Å². The third-order valence-electron chi connectivity index (χ3n) is 4.32. The van der Waals surface area contributed by atoms with Crippen molar-refractivity contribution in [2.75, 3.05) is 18.5 Å². The van der Waals surface area contributed by atoms with Crippen molar-refractivity contribution in [3.63, 3.8) is 0 Å². The van der Waals surface area contributed by atoms with Gasteiger partial charge in [-0.25, -0.2) is 0 Å². The Balaban J connectivity index is 1.91. The van der Waals surface area contributed by atoms with Crippen LogP contribution in [-0.4, -0.2) is 13.0 Å². The Morgan fingerprint density at radius 3 is 1.54 bits per heavy atom. The summed E-state index contributed by atoms with van der Waals surface area (Å²) >= 11 is 0. The van der Waals surface area contributed by atoms with Crippen molar-refractivity contribution >= 4 is 17.3 Å². The number of hydrogen-bond acceptors (Lipinski definition) is 3. The fraction of sp³-hybridized carbons (Fsp3) is 0.136. The van der Waals surface area contributed by atoms with Gasteiger partial charge in [0.2, 0.25) is 0 Å². The summed E-state index contributed by atoms with van der Waals surface area (Å²) in [6.45, 7) is 0. The van der Waals surface area contributed by atoms with E-state index < -0.39 is 0 Å². The topological polar surface area (TPSA) is 81.1 Å². The standard InChI is InChI=1S/C22H23N3O/c1-25-22(26)19-13-17(10-15-2-6-20(23)7-3-15)12-18(14-19)11-16-4-8-21(24)9-5-16/h2-9,12-14H,10-11,23-24H2,1H3,(H,25,26). The fourth-order valence-electron chi connectivity index (χ4n) is 2.98. The van der Waals surface area contributed by atoms with Gasteiger partial charge in [-0.2, -0.15) is 0 Å². The lowest BCUT2D eigenvalue weighted by Crippen LogP contribution is -2.18. The smallest absolute Gasteiger partial charge is 0.251 e. The Labute approximate surface area is 153 Å². The normalized spacial score (nSPS) is 10.5. The minimum atomic E-state index is -0.0808.